The lowest BCUT2D eigenvalue weighted by atomic mass is 10.2. The van der Waals surface area contributed by atoms with E-state index in [0.29, 0.717) is 18.5 Å². The predicted octanol–water partition coefficient (Wildman–Crippen LogP) is 3.03. The number of fused-ring (bicyclic) bond motifs is 1. The van der Waals surface area contributed by atoms with E-state index < -0.39 is 15.8 Å². The Morgan fingerprint density at radius 1 is 1.14 bits per heavy atom. The van der Waals surface area contributed by atoms with Gasteiger partial charge in [-0.25, -0.2) is 12.8 Å². The average molecular weight is 305 g/mol. The lowest BCUT2D eigenvalue weighted by Crippen LogP contribution is -2.30. The molecule has 0 aliphatic carbocycles. The van der Waals surface area contributed by atoms with Crippen molar-refractivity contribution in [2.45, 2.75) is 19.1 Å². The number of nitrogens with zero attached hydrogens (tertiary/aromatic N) is 1. The minimum atomic E-state index is -3.57. The second-order valence-electron chi connectivity index (χ2n) is 5.31. The van der Waals surface area contributed by atoms with E-state index in [4.69, 9.17) is 0 Å². The van der Waals surface area contributed by atoms with E-state index in [1.807, 2.05) is 19.1 Å². The van der Waals surface area contributed by atoms with Crippen LogP contribution in [0.3, 0.4) is 0 Å². The van der Waals surface area contributed by atoms with Crippen molar-refractivity contribution in [2.24, 2.45) is 0 Å². The lowest BCUT2D eigenvalue weighted by Gasteiger charge is -2.20. The van der Waals surface area contributed by atoms with Gasteiger partial charge in [-0.3, -0.25) is 4.31 Å². The molecule has 2 aromatic rings. The molecule has 1 heterocycles. The fourth-order valence-corrected chi connectivity index (χ4v) is 4.25. The number of hydrogen-bond acceptors (Lipinski definition) is 2. The highest BCUT2D eigenvalue weighted by molar-refractivity contribution is 7.92. The Morgan fingerprint density at radius 2 is 1.86 bits per heavy atom. The molecule has 5 heteroatoms. The van der Waals surface area contributed by atoms with Crippen LogP contribution in [0.1, 0.15) is 16.7 Å². The van der Waals surface area contributed by atoms with Crippen molar-refractivity contribution in [1.82, 2.24) is 0 Å². The summed E-state index contributed by atoms with van der Waals surface area (Å²) in [5.41, 5.74) is 2.76. The molecule has 0 amide bonds. The zero-order valence-electron chi connectivity index (χ0n) is 11.7. The highest BCUT2D eigenvalue weighted by Gasteiger charge is 2.31. The fourth-order valence-electron chi connectivity index (χ4n) is 2.63. The van der Waals surface area contributed by atoms with Gasteiger partial charge in [0.1, 0.15) is 5.82 Å². The van der Waals surface area contributed by atoms with E-state index in [1.54, 1.807) is 24.3 Å². The van der Waals surface area contributed by atoms with E-state index in [9.17, 15) is 12.8 Å². The molecule has 0 radical (unpaired) electrons. The number of benzene rings is 2. The Labute approximate surface area is 124 Å². The summed E-state index contributed by atoms with van der Waals surface area (Å²) in [7, 11) is -3.57. The zero-order chi connectivity index (χ0) is 15.0. The van der Waals surface area contributed by atoms with E-state index in [2.05, 4.69) is 0 Å². The molecule has 110 valence electrons. The molecule has 0 aromatic heterocycles. The van der Waals surface area contributed by atoms with E-state index in [1.165, 1.54) is 10.4 Å². The Bertz CT molecular complexity index is 769. The highest BCUT2D eigenvalue weighted by atomic mass is 32.2. The summed E-state index contributed by atoms with van der Waals surface area (Å²) in [5, 5.41) is 0. The minimum absolute atomic E-state index is 0.110. The third kappa shape index (κ3) is 2.65. The smallest absolute Gasteiger partial charge is 0.239 e. The number of sulfonamides is 1. The van der Waals surface area contributed by atoms with Crippen molar-refractivity contribution < 1.29 is 12.8 Å². The number of halogens is 1. The van der Waals surface area contributed by atoms with Gasteiger partial charge in [0, 0.05) is 6.54 Å². The Kier molecular flexibility index (Phi) is 3.45. The summed E-state index contributed by atoms with van der Waals surface area (Å²) in [6.07, 6.45) is 0.556. The molecule has 0 unspecified atom stereocenters. The summed E-state index contributed by atoms with van der Waals surface area (Å²) < 4.78 is 40.3. The molecule has 0 spiro atoms. The predicted molar refractivity (Wildman–Crippen MR) is 81.3 cm³/mol. The van der Waals surface area contributed by atoms with Crippen LogP contribution in [0.2, 0.25) is 0 Å². The molecule has 0 atom stereocenters. The number of aryl methyl sites for hydroxylation is 1. The first-order chi connectivity index (χ1) is 9.97. The summed E-state index contributed by atoms with van der Waals surface area (Å²) >= 11 is 0. The van der Waals surface area contributed by atoms with Crippen LogP contribution >= 0.6 is 0 Å². The van der Waals surface area contributed by atoms with Crippen LogP contribution in [-0.2, 0) is 22.2 Å². The first-order valence-corrected chi connectivity index (χ1v) is 8.42. The Hall–Kier alpha value is -1.88. The van der Waals surface area contributed by atoms with E-state index in [-0.39, 0.29) is 11.4 Å². The average Bonchev–Trinajstić information content (AvgIpc) is 2.87. The molecule has 1 aliphatic heterocycles. The van der Waals surface area contributed by atoms with Gasteiger partial charge in [0.2, 0.25) is 10.0 Å². The van der Waals surface area contributed by atoms with Gasteiger partial charge in [-0.15, -0.1) is 0 Å². The number of rotatable bonds is 3. The quantitative estimate of drug-likeness (QED) is 0.874. The summed E-state index contributed by atoms with van der Waals surface area (Å²) in [5.74, 6) is -0.585. The van der Waals surface area contributed by atoms with Crippen LogP contribution in [0, 0.1) is 12.7 Å². The van der Waals surface area contributed by atoms with Gasteiger partial charge < -0.3 is 0 Å². The maximum Gasteiger partial charge on any atom is 0.239 e. The molecule has 0 saturated heterocycles. The number of para-hydroxylation sites is 1. The van der Waals surface area contributed by atoms with Crippen LogP contribution in [0.4, 0.5) is 10.1 Å². The van der Waals surface area contributed by atoms with Crippen LogP contribution in [-0.4, -0.2) is 15.0 Å². The van der Waals surface area contributed by atoms with Crippen LogP contribution in [0.15, 0.2) is 42.5 Å². The summed E-state index contributed by atoms with van der Waals surface area (Å²) in [4.78, 5) is 0. The van der Waals surface area contributed by atoms with Gasteiger partial charge in [0.25, 0.3) is 0 Å². The van der Waals surface area contributed by atoms with Crippen molar-refractivity contribution in [3.63, 3.8) is 0 Å². The van der Waals surface area contributed by atoms with Crippen LogP contribution in [0.25, 0.3) is 0 Å². The van der Waals surface area contributed by atoms with Gasteiger partial charge in [0.05, 0.1) is 11.4 Å². The molecular formula is C16H16FNO2S. The Morgan fingerprint density at radius 3 is 2.57 bits per heavy atom. The molecule has 3 nitrogen and oxygen atoms in total. The first-order valence-electron chi connectivity index (χ1n) is 6.81. The fraction of sp³-hybridized carbons (Fsp3) is 0.250. The van der Waals surface area contributed by atoms with Gasteiger partial charge in [0.15, 0.2) is 0 Å². The van der Waals surface area contributed by atoms with Crippen molar-refractivity contribution in [2.75, 3.05) is 10.8 Å². The standard InChI is InChI=1S/C16H16FNO2S/c1-12-5-7-13(8-6-12)11-21(19,20)18-10-9-14-3-2-4-15(17)16(14)18/h2-8H,9-11H2,1H3. The lowest BCUT2D eigenvalue weighted by molar-refractivity contribution is 0.587. The topological polar surface area (TPSA) is 37.4 Å². The van der Waals surface area contributed by atoms with E-state index >= 15 is 0 Å². The second kappa shape index (κ2) is 5.15. The summed E-state index contributed by atoms with van der Waals surface area (Å²) in [6.45, 7) is 2.26. The third-order valence-electron chi connectivity index (χ3n) is 3.71. The normalized spacial score (nSPS) is 14.3. The highest BCUT2D eigenvalue weighted by Crippen LogP contribution is 2.33. The second-order valence-corrected chi connectivity index (χ2v) is 7.20. The summed E-state index contributed by atoms with van der Waals surface area (Å²) in [6, 6.07) is 12.0. The number of hydrogen-bond donors (Lipinski definition) is 0. The molecule has 0 saturated carbocycles. The van der Waals surface area contributed by atoms with Gasteiger partial charge >= 0.3 is 0 Å². The minimum Gasteiger partial charge on any atom is -0.266 e. The maximum atomic E-state index is 14.0. The maximum absolute atomic E-state index is 14.0. The molecule has 1 aliphatic rings. The molecule has 21 heavy (non-hydrogen) atoms. The van der Waals surface area contributed by atoms with Crippen LogP contribution in [0.5, 0.6) is 0 Å². The molecule has 2 aromatic carbocycles. The van der Waals surface area contributed by atoms with Gasteiger partial charge in [-0.2, -0.15) is 0 Å². The van der Waals surface area contributed by atoms with Gasteiger partial charge in [-0.05, 0) is 30.5 Å². The van der Waals surface area contributed by atoms with Crippen LogP contribution < -0.4 is 4.31 Å². The Balaban J connectivity index is 1.93. The monoisotopic (exact) mass is 305 g/mol. The molecule has 0 fully saturated rings. The molecular weight excluding hydrogens is 289 g/mol. The molecule has 0 N–H and O–H groups in total. The third-order valence-corrected chi connectivity index (χ3v) is 5.44. The van der Waals surface area contributed by atoms with Crippen molar-refractivity contribution >= 4 is 15.7 Å². The van der Waals surface area contributed by atoms with Gasteiger partial charge in [-0.1, -0.05) is 42.0 Å². The number of anilines is 1. The SMILES string of the molecule is Cc1ccc(CS(=O)(=O)N2CCc3cccc(F)c32)cc1. The molecule has 3 rings (SSSR count). The molecule has 0 bridgehead atoms. The van der Waals surface area contributed by atoms with Crippen molar-refractivity contribution in [3.8, 4) is 0 Å². The first kappa shape index (κ1) is 14.1. The van der Waals surface area contributed by atoms with Crippen molar-refractivity contribution in [3.05, 3.63) is 65.0 Å². The zero-order valence-corrected chi connectivity index (χ0v) is 12.5. The van der Waals surface area contributed by atoms with Crippen molar-refractivity contribution in [1.29, 1.82) is 0 Å². The largest absolute Gasteiger partial charge is 0.266 e. The van der Waals surface area contributed by atoms with E-state index in [0.717, 1.165) is 11.1 Å².